The Hall–Kier alpha value is -7.90. The van der Waals surface area contributed by atoms with E-state index in [2.05, 4.69) is 191 Å². The first-order valence-electron chi connectivity index (χ1n) is 21.7. The zero-order valence-electron chi connectivity index (χ0n) is 34.5. The Kier molecular flexibility index (Phi) is 7.70. The van der Waals surface area contributed by atoms with Gasteiger partial charge >= 0.3 is 0 Å². The zero-order valence-corrected chi connectivity index (χ0v) is 35.3. The van der Waals surface area contributed by atoms with Gasteiger partial charge in [-0.05, 0) is 86.2 Å². The summed E-state index contributed by atoms with van der Waals surface area (Å²) in [6.45, 7) is 2.11. The molecule has 63 heavy (non-hydrogen) atoms. The van der Waals surface area contributed by atoms with Crippen molar-refractivity contribution in [3.63, 3.8) is 0 Å². The number of hydrogen-bond donors (Lipinski definition) is 0. The molecule has 0 unspecified atom stereocenters. The van der Waals surface area contributed by atoms with Crippen molar-refractivity contribution in [3.8, 4) is 40.3 Å². The lowest BCUT2D eigenvalue weighted by Crippen LogP contribution is -2.16. The molecule has 5 nitrogen and oxygen atoms in total. The maximum absolute atomic E-state index is 12.1. The van der Waals surface area contributed by atoms with Crippen molar-refractivity contribution in [3.05, 3.63) is 185 Å². The van der Waals surface area contributed by atoms with Crippen LogP contribution in [0.15, 0.2) is 146 Å². The molecule has 296 valence electrons. The molecule has 11 aromatic rings. The van der Waals surface area contributed by atoms with Gasteiger partial charge < -0.3 is 13.7 Å². The van der Waals surface area contributed by atoms with Crippen molar-refractivity contribution < 1.29 is 0 Å². The van der Waals surface area contributed by atoms with Crippen LogP contribution in [0.5, 0.6) is 0 Å². The zero-order chi connectivity index (χ0) is 41.9. The molecule has 0 saturated heterocycles. The summed E-state index contributed by atoms with van der Waals surface area (Å²) in [5, 5.41) is 31.1. The number of aromatic nitrogens is 3. The van der Waals surface area contributed by atoms with Gasteiger partial charge in [0.05, 0.1) is 39.1 Å². The Morgan fingerprint density at radius 3 is 1.89 bits per heavy atom. The van der Waals surface area contributed by atoms with E-state index in [1.165, 1.54) is 36.7 Å². The summed E-state index contributed by atoms with van der Waals surface area (Å²) in [5.74, 6) is 0. The molecule has 4 aromatic heterocycles. The van der Waals surface area contributed by atoms with Gasteiger partial charge in [0.15, 0.2) is 0 Å². The molecule has 0 amide bonds. The number of thiophene rings is 1. The van der Waals surface area contributed by atoms with Gasteiger partial charge in [-0.25, -0.2) is 0 Å². The summed E-state index contributed by atoms with van der Waals surface area (Å²) in [4.78, 5) is 0. The summed E-state index contributed by atoms with van der Waals surface area (Å²) < 4.78 is 9.40. The minimum atomic E-state index is 0.455. The highest BCUT2D eigenvalue weighted by Gasteiger charge is 2.34. The highest BCUT2D eigenvalue weighted by molar-refractivity contribution is 7.26. The Morgan fingerprint density at radius 2 is 1.13 bits per heavy atom. The summed E-state index contributed by atoms with van der Waals surface area (Å²) in [7, 11) is 0. The number of allylic oxidation sites excluding steroid dienone is 2. The molecular formula is C57H37N5S. The van der Waals surface area contributed by atoms with Crippen molar-refractivity contribution in [1.82, 2.24) is 13.7 Å². The number of fused-ring (bicyclic) bond motifs is 13. The fourth-order valence-electron chi connectivity index (χ4n) is 11.0. The van der Waals surface area contributed by atoms with Gasteiger partial charge in [0.1, 0.15) is 23.3 Å². The number of benzene rings is 7. The molecular weight excluding hydrogens is 787 g/mol. The molecule has 2 aliphatic carbocycles. The number of para-hydroxylation sites is 3. The highest BCUT2D eigenvalue weighted by atomic mass is 32.1. The topological polar surface area (TPSA) is 62.4 Å². The normalized spacial score (nSPS) is 13.4. The molecule has 0 fully saturated rings. The molecule has 13 rings (SSSR count). The molecule has 7 aromatic carbocycles. The van der Waals surface area contributed by atoms with Gasteiger partial charge in [0.25, 0.3) is 0 Å². The smallest absolute Gasteiger partial charge is 0.104 e. The molecule has 0 N–H and O–H groups in total. The van der Waals surface area contributed by atoms with E-state index in [-0.39, 0.29) is 0 Å². The van der Waals surface area contributed by atoms with Gasteiger partial charge in [0.2, 0.25) is 0 Å². The van der Waals surface area contributed by atoms with Gasteiger partial charge in [-0.15, -0.1) is 11.3 Å². The first-order chi connectivity index (χ1) is 31.1. The van der Waals surface area contributed by atoms with Crippen LogP contribution in [0.2, 0.25) is 0 Å². The summed E-state index contributed by atoms with van der Waals surface area (Å²) in [6.07, 6.45) is 12.6. The molecule has 2 aliphatic rings. The van der Waals surface area contributed by atoms with Crippen molar-refractivity contribution >= 4 is 87.3 Å². The quantitative estimate of drug-likeness (QED) is 0.177. The number of nitriles is 2. The third-order valence-corrected chi connectivity index (χ3v) is 14.7. The third-order valence-electron chi connectivity index (χ3n) is 13.5. The first kappa shape index (κ1) is 35.8. The molecule has 0 radical (unpaired) electrons. The Labute approximate surface area is 367 Å². The van der Waals surface area contributed by atoms with Crippen LogP contribution < -0.4 is 0 Å². The van der Waals surface area contributed by atoms with Crippen LogP contribution in [0, 0.1) is 29.6 Å². The predicted octanol–water partition coefficient (Wildman–Crippen LogP) is 14.7. The Balaban J connectivity index is 1.32. The Bertz CT molecular complexity index is 3940. The molecule has 0 atom stereocenters. The van der Waals surface area contributed by atoms with Crippen LogP contribution >= 0.6 is 11.3 Å². The molecule has 4 heterocycles. The fraction of sp³-hybridized carbons (Fsp3) is 0.0877. The average Bonchev–Trinajstić information content (AvgIpc) is 4.07. The van der Waals surface area contributed by atoms with Crippen LogP contribution in [-0.4, -0.2) is 13.7 Å². The molecule has 0 saturated carbocycles. The van der Waals surface area contributed by atoms with Gasteiger partial charge in [-0.1, -0.05) is 121 Å². The van der Waals surface area contributed by atoms with Crippen molar-refractivity contribution in [2.45, 2.75) is 32.6 Å². The minimum Gasteiger partial charge on any atom is -0.311 e. The van der Waals surface area contributed by atoms with Crippen molar-refractivity contribution in [2.24, 2.45) is 0 Å². The van der Waals surface area contributed by atoms with Crippen molar-refractivity contribution in [2.75, 3.05) is 0 Å². The second-order valence-electron chi connectivity index (χ2n) is 16.9. The van der Waals surface area contributed by atoms with E-state index >= 15 is 0 Å². The summed E-state index contributed by atoms with van der Waals surface area (Å²) in [6, 6.07) is 53.1. The van der Waals surface area contributed by atoms with Gasteiger partial charge in [-0.2, -0.15) is 10.5 Å². The number of hydrogen-bond acceptors (Lipinski definition) is 3. The lowest BCUT2D eigenvalue weighted by Gasteiger charge is -2.27. The second kappa shape index (κ2) is 13.6. The number of nitrogens with zero attached hydrogens (tertiary/aromatic N) is 5. The van der Waals surface area contributed by atoms with Crippen LogP contribution in [0.25, 0.3) is 104 Å². The van der Waals surface area contributed by atoms with Crippen LogP contribution in [0.3, 0.4) is 0 Å². The van der Waals surface area contributed by atoms with E-state index < -0.39 is 0 Å². The first-order valence-corrected chi connectivity index (χ1v) is 22.5. The van der Waals surface area contributed by atoms with E-state index in [1.54, 1.807) is 11.3 Å². The molecule has 0 aliphatic heterocycles. The SMILES string of the molecule is Cc1ccc(-c2c(-n3c4c(c5ccccc53)CCC=C4)c(C#N)c(-n3c4ccccc4c4c5c(ccc43)sc3ccccc35)c(C#N)c2-n2c3c(c4ccccc42)C=CCC3)cc1. The van der Waals surface area contributed by atoms with E-state index in [0.717, 1.165) is 103 Å². The number of aryl methyl sites for hydroxylation is 2. The van der Waals surface area contributed by atoms with Crippen molar-refractivity contribution in [1.29, 1.82) is 10.5 Å². The van der Waals surface area contributed by atoms with E-state index in [0.29, 0.717) is 16.8 Å². The number of rotatable bonds is 4. The van der Waals surface area contributed by atoms with Crippen LogP contribution in [-0.2, 0) is 12.8 Å². The monoisotopic (exact) mass is 823 g/mol. The Morgan fingerprint density at radius 1 is 0.508 bits per heavy atom. The fourth-order valence-corrected chi connectivity index (χ4v) is 12.1. The third kappa shape index (κ3) is 4.90. The minimum absolute atomic E-state index is 0.455. The van der Waals surface area contributed by atoms with E-state index in [4.69, 9.17) is 0 Å². The molecule has 6 heteroatoms. The molecule has 0 spiro atoms. The van der Waals surface area contributed by atoms with Gasteiger partial charge in [-0.3, -0.25) is 0 Å². The van der Waals surface area contributed by atoms with E-state index in [9.17, 15) is 10.5 Å². The largest absolute Gasteiger partial charge is 0.311 e. The highest BCUT2D eigenvalue weighted by Crippen LogP contribution is 2.50. The lowest BCUT2D eigenvalue weighted by molar-refractivity contribution is 0.884. The lowest BCUT2D eigenvalue weighted by atomic mass is 9.90. The maximum Gasteiger partial charge on any atom is 0.104 e. The van der Waals surface area contributed by atoms with Gasteiger partial charge in [0, 0.05) is 64.2 Å². The predicted molar refractivity (Wildman–Crippen MR) is 262 cm³/mol. The molecule has 0 bridgehead atoms. The summed E-state index contributed by atoms with van der Waals surface area (Å²) >= 11 is 1.80. The van der Waals surface area contributed by atoms with E-state index in [1.807, 2.05) is 0 Å². The standard InChI is InChI=1S/C57H37N5S/c1-34-26-28-35(29-27-34)52-56(60-44-20-8-2-14-36(44)37-15-3-9-21-45(37)60)42(32-58)55(43(33-59)57(52)61-46-22-10-4-16-38(46)39-17-5-11-23-47(39)61)62-48-24-12-6-18-40(48)53-49(62)30-31-51-54(53)41-19-7-13-25-50(41)63-51/h2-4,6-8,10-16,18-20,22-31H,5,9,17,21H2,1H3. The second-order valence-corrected chi connectivity index (χ2v) is 17.9. The average molecular weight is 824 g/mol. The summed E-state index contributed by atoms with van der Waals surface area (Å²) in [5.41, 5.74) is 14.7. The van der Waals surface area contributed by atoms with Crippen LogP contribution in [0.1, 0.15) is 52.0 Å². The maximum atomic E-state index is 12.1. The van der Waals surface area contributed by atoms with Crippen LogP contribution in [0.4, 0.5) is 0 Å².